The predicted octanol–water partition coefficient (Wildman–Crippen LogP) is -0.460. The van der Waals surface area contributed by atoms with Crippen LogP contribution in [-0.2, 0) is 9.59 Å². The number of hydrazone groups is 1. The number of aliphatic imine (C=N–C) groups is 1. The van der Waals surface area contributed by atoms with Crippen LogP contribution < -0.4 is 16.1 Å². The van der Waals surface area contributed by atoms with Gasteiger partial charge in [-0.05, 0) is 11.8 Å². The Morgan fingerprint density at radius 1 is 1.12 bits per heavy atom. The number of fused-ring (bicyclic) bond motifs is 1. The van der Waals surface area contributed by atoms with Crippen LogP contribution in [0.4, 0.5) is 4.79 Å². The summed E-state index contributed by atoms with van der Waals surface area (Å²) >= 11 is 0. The number of nitrogens with one attached hydrogen (secondary N) is 3. The Balaban J connectivity index is 2.39. The van der Waals surface area contributed by atoms with Crippen molar-refractivity contribution < 1.29 is 14.4 Å². The van der Waals surface area contributed by atoms with Gasteiger partial charge in [-0.1, -0.05) is 27.7 Å². The van der Waals surface area contributed by atoms with E-state index in [9.17, 15) is 14.4 Å². The van der Waals surface area contributed by atoms with Gasteiger partial charge in [0, 0.05) is 27.2 Å². The molecule has 10 nitrogen and oxygen atoms in total. The van der Waals surface area contributed by atoms with Gasteiger partial charge in [0.15, 0.2) is 5.84 Å². The van der Waals surface area contributed by atoms with Crippen molar-refractivity contribution in [2.45, 2.75) is 33.4 Å². The number of amidine groups is 2. The highest BCUT2D eigenvalue weighted by atomic mass is 16.2. The first-order valence-electron chi connectivity index (χ1n) is 8.63. The molecule has 0 radical (unpaired) electrons. The van der Waals surface area contributed by atoms with Crippen LogP contribution in [0.1, 0.15) is 27.7 Å². The minimum Gasteiger partial charge on any atom is -0.352 e. The summed E-state index contributed by atoms with van der Waals surface area (Å²) in [4.78, 5) is 44.5. The van der Waals surface area contributed by atoms with Crippen molar-refractivity contribution in [2.75, 3.05) is 27.2 Å². The second-order valence-corrected chi connectivity index (χ2v) is 7.29. The number of hydrogen-bond donors (Lipinski definition) is 3. The molecule has 0 saturated carbocycles. The molecule has 1 atom stereocenters. The van der Waals surface area contributed by atoms with Gasteiger partial charge >= 0.3 is 6.03 Å². The highest BCUT2D eigenvalue weighted by Gasteiger charge is 2.60. The lowest BCUT2D eigenvalue weighted by molar-refractivity contribution is -0.127. The molecule has 0 aromatic rings. The third kappa shape index (κ3) is 3.35. The van der Waals surface area contributed by atoms with E-state index in [1.807, 2.05) is 27.7 Å². The van der Waals surface area contributed by atoms with Crippen LogP contribution in [-0.4, -0.2) is 72.2 Å². The van der Waals surface area contributed by atoms with Gasteiger partial charge in [-0.3, -0.25) is 24.8 Å². The number of likely N-dealkylation sites (N-methyl/N-ethyl adjacent to an activating group) is 2. The van der Waals surface area contributed by atoms with E-state index in [0.29, 0.717) is 13.1 Å². The quantitative estimate of drug-likeness (QED) is 0.590. The lowest BCUT2D eigenvalue weighted by Gasteiger charge is -2.32. The first-order chi connectivity index (χ1) is 12.1. The third-order valence-corrected chi connectivity index (χ3v) is 4.10. The van der Waals surface area contributed by atoms with E-state index in [2.05, 4.69) is 26.2 Å². The Bertz CT molecular complexity index is 671. The number of carbonyl (C=O) groups is 3. The van der Waals surface area contributed by atoms with E-state index >= 15 is 0 Å². The third-order valence-electron chi connectivity index (χ3n) is 4.10. The van der Waals surface area contributed by atoms with E-state index in [1.165, 1.54) is 23.9 Å². The molecule has 0 aromatic heterocycles. The average molecular weight is 365 g/mol. The van der Waals surface area contributed by atoms with E-state index in [-0.39, 0.29) is 23.5 Å². The second kappa shape index (κ2) is 7.30. The average Bonchev–Trinajstić information content (AvgIpc) is 2.79. The maximum absolute atomic E-state index is 13.0. The molecule has 4 amide bonds. The first-order valence-corrected chi connectivity index (χ1v) is 8.63. The van der Waals surface area contributed by atoms with Gasteiger partial charge in [-0.25, -0.2) is 9.79 Å². The number of amides is 4. The summed E-state index contributed by atoms with van der Waals surface area (Å²) in [7, 11) is 2.98. The molecule has 26 heavy (non-hydrogen) atoms. The largest absolute Gasteiger partial charge is 0.352 e. The molecule has 2 aliphatic rings. The Morgan fingerprint density at radius 2 is 1.69 bits per heavy atom. The smallest absolute Gasteiger partial charge is 0.327 e. The lowest BCUT2D eigenvalue weighted by Crippen LogP contribution is -2.62. The molecule has 0 aromatic carbocycles. The molecule has 0 spiro atoms. The zero-order valence-corrected chi connectivity index (χ0v) is 16.1. The molecule has 3 N–H and O–H groups in total. The van der Waals surface area contributed by atoms with Crippen LogP contribution in [0.5, 0.6) is 0 Å². The van der Waals surface area contributed by atoms with Crippen LogP contribution in [0.15, 0.2) is 10.1 Å². The van der Waals surface area contributed by atoms with Crippen LogP contribution in [0.3, 0.4) is 0 Å². The molecule has 10 heteroatoms. The summed E-state index contributed by atoms with van der Waals surface area (Å²) in [5.41, 5.74) is 0.858. The van der Waals surface area contributed by atoms with Crippen LogP contribution in [0, 0.1) is 11.8 Å². The van der Waals surface area contributed by atoms with Crippen molar-refractivity contribution in [3.05, 3.63) is 0 Å². The zero-order chi connectivity index (χ0) is 19.6. The number of urea groups is 1. The van der Waals surface area contributed by atoms with Gasteiger partial charge < -0.3 is 10.6 Å². The Hall–Kier alpha value is -2.65. The topological polar surface area (TPSA) is 118 Å². The second-order valence-electron chi connectivity index (χ2n) is 7.29. The number of carbonyl (C=O) groups excluding carboxylic acids is 3. The van der Waals surface area contributed by atoms with Gasteiger partial charge in [0.05, 0.1) is 0 Å². The molecule has 0 bridgehead atoms. The molecular weight excluding hydrogens is 338 g/mol. The normalized spacial score (nSPS) is 22.1. The minimum absolute atomic E-state index is 0.107. The fourth-order valence-electron chi connectivity index (χ4n) is 2.62. The van der Waals surface area contributed by atoms with Gasteiger partial charge in [-0.2, -0.15) is 5.10 Å². The van der Waals surface area contributed by atoms with E-state index in [4.69, 9.17) is 0 Å². The van der Waals surface area contributed by atoms with E-state index in [0.717, 1.165) is 0 Å². The van der Waals surface area contributed by atoms with Crippen molar-refractivity contribution >= 4 is 29.5 Å². The summed E-state index contributed by atoms with van der Waals surface area (Å²) in [5.74, 6) is -0.479. The first kappa shape index (κ1) is 19.7. The molecule has 1 saturated heterocycles. The summed E-state index contributed by atoms with van der Waals surface area (Å²) in [5, 5.41) is 9.61. The zero-order valence-electron chi connectivity index (χ0n) is 16.1. The minimum atomic E-state index is -1.70. The molecule has 1 unspecified atom stereocenters. The summed E-state index contributed by atoms with van der Waals surface area (Å²) < 4.78 is 0. The molecule has 1 fully saturated rings. The van der Waals surface area contributed by atoms with Crippen molar-refractivity contribution in [1.82, 2.24) is 25.9 Å². The standard InChI is InChI=1S/C16H27N7O3/c1-9(2)7-17-12(24)11-19-16(14(25)18-8-10(3)4)13(21-20-11)22(5)15(26)23(16)6/h9-10H,7-8H2,1-6H3,(H,17,24)(H,18,25)(H,19,20). The Morgan fingerprint density at radius 3 is 2.27 bits per heavy atom. The molecule has 2 heterocycles. The highest BCUT2D eigenvalue weighted by molar-refractivity contribution is 6.40. The summed E-state index contributed by atoms with van der Waals surface area (Å²) in [6, 6.07) is -0.433. The van der Waals surface area contributed by atoms with Crippen molar-refractivity contribution in [2.24, 2.45) is 21.9 Å². The van der Waals surface area contributed by atoms with Crippen molar-refractivity contribution in [1.29, 1.82) is 0 Å². The summed E-state index contributed by atoms with van der Waals surface area (Å²) in [6.45, 7) is 8.71. The van der Waals surface area contributed by atoms with Crippen molar-refractivity contribution in [3.8, 4) is 0 Å². The Kier molecular flexibility index (Phi) is 5.53. The van der Waals surface area contributed by atoms with Gasteiger partial charge in [-0.15, -0.1) is 0 Å². The van der Waals surface area contributed by atoms with E-state index in [1.54, 1.807) is 0 Å². The Labute approximate surface area is 153 Å². The monoisotopic (exact) mass is 365 g/mol. The molecule has 2 aliphatic heterocycles. The lowest BCUT2D eigenvalue weighted by atomic mass is 10.1. The van der Waals surface area contributed by atoms with Gasteiger partial charge in [0.2, 0.25) is 5.84 Å². The molecule has 0 aliphatic carbocycles. The fraction of sp³-hybridized carbons (Fsp3) is 0.688. The predicted molar refractivity (Wildman–Crippen MR) is 97.4 cm³/mol. The fourth-order valence-corrected chi connectivity index (χ4v) is 2.62. The van der Waals surface area contributed by atoms with Crippen LogP contribution in [0.2, 0.25) is 0 Å². The van der Waals surface area contributed by atoms with Crippen LogP contribution >= 0.6 is 0 Å². The number of nitrogens with zero attached hydrogens (tertiary/aromatic N) is 4. The maximum Gasteiger partial charge on any atom is 0.327 e. The van der Waals surface area contributed by atoms with E-state index < -0.39 is 23.5 Å². The van der Waals surface area contributed by atoms with Gasteiger partial charge in [0.25, 0.3) is 17.5 Å². The molecule has 144 valence electrons. The van der Waals surface area contributed by atoms with Gasteiger partial charge in [0.1, 0.15) is 0 Å². The SMILES string of the molecule is CC(C)CNC(=O)C1=NC2(C(=O)NCC(C)C)C(=NN1)N(C)C(=O)N2C. The van der Waals surface area contributed by atoms with Crippen LogP contribution in [0.25, 0.3) is 0 Å². The van der Waals surface area contributed by atoms with Crippen molar-refractivity contribution in [3.63, 3.8) is 0 Å². The molecule has 2 rings (SSSR count). The highest BCUT2D eigenvalue weighted by Crippen LogP contribution is 2.30. The number of rotatable bonds is 6. The number of hydrogen-bond acceptors (Lipinski definition) is 6. The maximum atomic E-state index is 13.0. The molecular formula is C16H27N7O3. The summed E-state index contributed by atoms with van der Waals surface area (Å²) in [6.07, 6.45) is 0.